The third-order valence-electron chi connectivity index (χ3n) is 4.59. The lowest BCUT2D eigenvalue weighted by molar-refractivity contribution is 0.218. The Hall–Kier alpha value is -1.84. The standard InChI is InChI=1S/C17H23N3O/c1-11-4-5-14(18)13(10-11)16-19-15(20-21-16)12-6-8-17(2,3)9-7-12/h4-5,10,12H,6-9,18H2,1-3H3. The molecule has 1 saturated carbocycles. The van der Waals surface area contributed by atoms with Gasteiger partial charge in [-0.15, -0.1) is 0 Å². The first kappa shape index (κ1) is 14.1. The highest BCUT2D eigenvalue weighted by Crippen LogP contribution is 2.42. The number of aromatic nitrogens is 2. The minimum absolute atomic E-state index is 0.418. The van der Waals surface area contributed by atoms with Crippen molar-refractivity contribution in [1.29, 1.82) is 0 Å². The molecule has 0 spiro atoms. The zero-order chi connectivity index (χ0) is 15.0. The predicted octanol–water partition coefficient (Wildman–Crippen LogP) is 4.31. The van der Waals surface area contributed by atoms with E-state index in [9.17, 15) is 0 Å². The van der Waals surface area contributed by atoms with Gasteiger partial charge in [-0.1, -0.05) is 30.6 Å². The smallest absolute Gasteiger partial charge is 0.260 e. The van der Waals surface area contributed by atoms with Gasteiger partial charge in [-0.05, 0) is 50.2 Å². The summed E-state index contributed by atoms with van der Waals surface area (Å²) in [7, 11) is 0. The molecule has 2 N–H and O–H groups in total. The molecular formula is C17H23N3O. The number of aryl methyl sites for hydroxylation is 1. The van der Waals surface area contributed by atoms with Gasteiger partial charge in [0.05, 0.1) is 5.56 Å². The SMILES string of the molecule is Cc1ccc(N)c(-c2nc(C3CCC(C)(C)CC3)no2)c1. The molecule has 4 heteroatoms. The van der Waals surface area contributed by atoms with E-state index >= 15 is 0 Å². The van der Waals surface area contributed by atoms with Crippen molar-refractivity contribution in [2.45, 2.75) is 52.4 Å². The fourth-order valence-corrected chi connectivity index (χ4v) is 3.02. The summed E-state index contributed by atoms with van der Waals surface area (Å²) in [6, 6.07) is 5.87. The average Bonchev–Trinajstić information content (AvgIpc) is 2.91. The van der Waals surface area contributed by atoms with Crippen molar-refractivity contribution in [3.8, 4) is 11.5 Å². The molecule has 0 bridgehead atoms. The van der Waals surface area contributed by atoms with Gasteiger partial charge in [-0.3, -0.25) is 0 Å². The summed E-state index contributed by atoms with van der Waals surface area (Å²) in [5, 5.41) is 4.19. The maximum Gasteiger partial charge on any atom is 0.260 e. The van der Waals surface area contributed by atoms with Crippen molar-refractivity contribution in [3.05, 3.63) is 29.6 Å². The fraction of sp³-hybridized carbons (Fsp3) is 0.529. The molecule has 1 aliphatic carbocycles. The molecule has 4 nitrogen and oxygen atoms in total. The molecule has 21 heavy (non-hydrogen) atoms. The second-order valence-electron chi connectivity index (χ2n) is 6.99. The van der Waals surface area contributed by atoms with Crippen LogP contribution in [0.2, 0.25) is 0 Å². The third-order valence-corrected chi connectivity index (χ3v) is 4.59. The number of rotatable bonds is 2. The van der Waals surface area contributed by atoms with Crippen LogP contribution < -0.4 is 5.73 Å². The van der Waals surface area contributed by atoms with E-state index in [2.05, 4.69) is 24.0 Å². The Morgan fingerprint density at radius 3 is 2.67 bits per heavy atom. The summed E-state index contributed by atoms with van der Waals surface area (Å²) < 4.78 is 5.45. The van der Waals surface area contributed by atoms with Crippen LogP contribution in [0.1, 0.15) is 56.8 Å². The van der Waals surface area contributed by atoms with Crippen molar-refractivity contribution >= 4 is 5.69 Å². The van der Waals surface area contributed by atoms with Crippen LogP contribution in [0, 0.1) is 12.3 Å². The van der Waals surface area contributed by atoms with Crippen molar-refractivity contribution in [1.82, 2.24) is 10.1 Å². The number of hydrogen-bond donors (Lipinski definition) is 1. The Morgan fingerprint density at radius 1 is 1.24 bits per heavy atom. The largest absolute Gasteiger partial charge is 0.398 e. The Bertz CT molecular complexity index is 635. The fourth-order valence-electron chi connectivity index (χ4n) is 3.02. The minimum Gasteiger partial charge on any atom is -0.398 e. The molecule has 0 unspecified atom stereocenters. The van der Waals surface area contributed by atoms with E-state index in [0.717, 1.165) is 29.8 Å². The van der Waals surface area contributed by atoms with Crippen LogP contribution in [0.15, 0.2) is 22.7 Å². The number of anilines is 1. The highest BCUT2D eigenvalue weighted by Gasteiger charge is 2.30. The molecule has 0 saturated heterocycles. The molecule has 112 valence electrons. The zero-order valence-corrected chi connectivity index (χ0v) is 13.0. The van der Waals surface area contributed by atoms with Crippen molar-refractivity contribution in [2.75, 3.05) is 5.73 Å². The topological polar surface area (TPSA) is 64.9 Å². The van der Waals surface area contributed by atoms with Gasteiger partial charge in [-0.2, -0.15) is 4.98 Å². The Kier molecular flexibility index (Phi) is 3.47. The van der Waals surface area contributed by atoms with Gasteiger partial charge in [-0.25, -0.2) is 0 Å². The number of benzene rings is 1. The average molecular weight is 285 g/mol. The first-order valence-electron chi connectivity index (χ1n) is 7.65. The highest BCUT2D eigenvalue weighted by atomic mass is 16.5. The van der Waals surface area contributed by atoms with Crippen LogP contribution in [0.4, 0.5) is 5.69 Å². The van der Waals surface area contributed by atoms with Crippen molar-refractivity contribution in [2.24, 2.45) is 5.41 Å². The van der Waals surface area contributed by atoms with Gasteiger partial charge in [0.1, 0.15) is 0 Å². The maximum atomic E-state index is 6.02. The van der Waals surface area contributed by atoms with E-state index in [4.69, 9.17) is 10.3 Å². The summed E-state index contributed by atoms with van der Waals surface area (Å²) in [6.45, 7) is 6.69. The van der Waals surface area contributed by atoms with E-state index in [1.807, 2.05) is 25.1 Å². The molecule has 0 aliphatic heterocycles. The van der Waals surface area contributed by atoms with Gasteiger partial charge in [0, 0.05) is 11.6 Å². The third kappa shape index (κ3) is 2.94. The van der Waals surface area contributed by atoms with E-state index < -0.39 is 0 Å². The minimum atomic E-state index is 0.418. The second kappa shape index (κ2) is 5.17. The van der Waals surface area contributed by atoms with Crippen LogP contribution in [0.5, 0.6) is 0 Å². The molecule has 1 fully saturated rings. The van der Waals surface area contributed by atoms with E-state index in [1.54, 1.807) is 0 Å². The predicted molar refractivity (Wildman–Crippen MR) is 83.9 cm³/mol. The monoisotopic (exact) mass is 285 g/mol. The Balaban J connectivity index is 1.82. The van der Waals surface area contributed by atoms with Gasteiger partial charge >= 0.3 is 0 Å². The van der Waals surface area contributed by atoms with Gasteiger partial charge in [0.2, 0.25) is 0 Å². The first-order valence-corrected chi connectivity index (χ1v) is 7.65. The molecule has 0 atom stereocenters. The Morgan fingerprint density at radius 2 is 1.95 bits per heavy atom. The zero-order valence-electron chi connectivity index (χ0n) is 13.0. The molecule has 1 aliphatic rings. The Labute approximate surface area is 125 Å². The summed E-state index contributed by atoms with van der Waals surface area (Å²) in [5.74, 6) is 1.79. The lowest BCUT2D eigenvalue weighted by Gasteiger charge is -2.32. The molecule has 0 amide bonds. The number of nitrogens with zero attached hydrogens (tertiary/aromatic N) is 2. The van der Waals surface area contributed by atoms with Crippen LogP contribution >= 0.6 is 0 Å². The van der Waals surface area contributed by atoms with E-state index in [-0.39, 0.29) is 0 Å². The first-order chi connectivity index (χ1) is 9.94. The lowest BCUT2D eigenvalue weighted by atomic mass is 9.73. The highest BCUT2D eigenvalue weighted by molar-refractivity contribution is 5.71. The lowest BCUT2D eigenvalue weighted by Crippen LogP contribution is -2.20. The van der Waals surface area contributed by atoms with Gasteiger partial charge < -0.3 is 10.3 Å². The van der Waals surface area contributed by atoms with Crippen LogP contribution in [0.3, 0.4) is 0 Å². The summed E-state index contributed by atoms with van der Waals surface area (Å²) >= 11 is 0. The molecule has 2 aromatic rings. The van der Waals surface area contributed by atoms with Crippen LogP contribution in [-0.4, -0.2) is 10.1 Å². The molecule has 3 rings (SSSR count). The maximum absolute atomic E-state index is 6.02. The molecule has 1 aromatic heterocycles. The van der Waals surface area contributed by atoms with E-state index in [1.165, 1.54) is 12.8 Å². The van der Waals surface area contributed by atoms with Crippen LogP contribution in [0.25, 0.3) is 11.5 Å². The van der Waals surface area contributed by atoms with E-state index in [0.29, 0.717) is 22.9 Å². The molecule has 1 aromatic carbocycles. The molecular weight excluding hydrogens is 262 g/mol. The number of hydrogen-bond acceptors (Lipinski definition) is 4. The van der Waals surface area contributed by atoms with Crippen molar-refractivity contribution in [3.63, 3.8) is 0 Å². The normalized spacial score (nSPS) is 18.8. The quantitative estimate of drug-likeness (QED) is 0.835. The second-order valence-corrected chi connectivity index (χ2v) is 6.99. The summed E-state index contributed by atoms with van der Waals surface area (Å²) in [6.07, 6.45) is 4.70. The van der Waals surface area contributed by atoms with Crippen molar-refractivity contribution < 1.29 is 4.52 Å². The summed E-state index contributed by atoms with van der Waals surface area (Å²) in [5.41, 5.74) is 9.12. The van der Waals surface area contributed by atoms with Gasteiger partial charge in [0.15, 0.2) is 5.82 Å². The number of nitrogen functional groups attached to an aromatic ring is 1. The molecule has 0 radical (unpaired) electrons. The molecule has 1 heterocycles. The van der Waals surface area contributed by atoms with Crippen LogP contribution in [-0.2, 0) is 0 Å². The summed E-state index contributed by atoms with van der Waals surface area (Å²) in [4.78, 5) is 4.60. The number of nitrogens with two attached hydrogens (primary N) is 1. The van der Waals surface area contributed by atoms with Gasteiger partial charge in [0.25, 0.3) is 5.89 Å².